The molecule has 25 heavy (non-hydrogen) atoms. The number of hydrogen-bond donors (Lipinski definition) is 2. The number of ether oxygens (including phenoxy) is 1. The number of benzene rings is 1. The smallest absolute Gasteiger partial charge is 0.341 e. The first-order valence-corrected chi connectivity index (χ1v) is 8.38. The minimum absolute atomic E-state index is 0.0588. The zero-order valence-corrected chi connectivity index (χ0v) is 15.0. The molecule has 2 aromatic rings. The number of ketones is 1. The number of carbonyl (C=O) groups is 2. The molecule has 0 radical (unpaired) electrons. The molecule has 2 N–H and O–H groups in total. The Balaban J connectivity index is 2.27. The van der Waals surface area contributed by atoms with Crippen LogP contribution >= 0.6 is 11.3 Å². The Bertz CT molecular complexity index is 945. The van der Waals surface area contributed by atoms with Crippen LogP contribution in [0.5, 0.6) is 5.75 Å². The molecular formula is C18H19NO5S. The average molecular weight is 361 g/mol. The molecule has 132 valence electrons. The molecule has 0 amide bonds. The number of hydrogen-bond acceptors (Lipinski definition) is 5. The zero-order valence-electron chi connectivity index (χ0n) is 14.2. The summed E-state index contributed by atoms with van der Waals surface area (Å²) in [5.41, 5.74) is 0.00387. The monoisotopic (exact) mass is 361 g/mol. The van der Waals surface area contributed by atoms with E-state index in [1.54, 1.807) is 30.3 Å². The fourth-order valence-electron chi connectivity index (χ4n) is 1.82. The van der Waals surface area contributed by atoms with Gasteiger partial charge in [0.25, 0.3) is 5.56 Å². The van der Waals surface area contributed by atoms with E-state index in [1.807, 2.05) is 20.8 Å². The lowest BCUT2D eigenvalue weighted by molar-refractivity contribution is -0.139. The van der Waals surface area contributed by atoms with Gasteiger partial charge in [0.15, 0.2) is 12.4 Å². The molecule has 1 aromatic heterocycles. The number of aliphatic carboxylic acids is 1. The maximum atomic E-state index is 12.0. The highest BCUT2D eigenvalue weighted by atomic mass is 32.1. The average Bonchev–Trinajstić information content (AvgIpc) is 2.85. The number of rotatable bonds is 5. The Morgan fingerprint density at radius 3 is 2.44 bits per heavy atom. The molecule has 0 saturated carbocycles. The highest BCUT2D eigenvalue weighted by molar-refractivity contribution is 7.07. The number of carbonyl (C=O) groups excluding carboxylic acids is 1. The summed E-state index contributed by atoms with van der Waals surface area (Å²) in [6, 6.07) is 6.71. The summed E-state index contributed by atoms with van der Waals surface area (Å²) < 4.78 is 6.05. The summed E-state index contributed by atoms with van der Waals surface area (Å²) in [5.74, 6) is -0.671. The maximum absolute atomic E-state index is 12.0. The molecule has 0 aliphatic carbocycles. The standard InChI is InChI=1S/C18H19NO5S/c1-18(2,3)14(20)9-15-19-17(23)13(25-15)8-11-4-6-12(7-5-11)24-10-16(21)22/h4-9H,10H2,1-3H3,(H,19,23)(H,21,22)/b13-8+,15-9+. The molecule has 6 nitrogen and oxygen atoms in total. The van der Waals surface area contributed by atoms with Crippen LogP contribution < -0.4 is 19.5 Å². The molecule has 0 spiro atoms. The zero-order chi connectivity index (χ0) is 18.6. The van der Waals surface area contributed by atoms with E-state index in [2.05, 4.69) is 4.98 Å². The summed E-state index contributed by atoms with van der Waals surface area (Å²) in [7, 11) is 0. The first-order chi connectivity index (χ1) is 11.6. The van der Waals surface area contributed by atoms with Crippen molar-refractivity contribution in [3.8, 4) is 5.75 Å². The third kappa shape index (κ3) is 5.42. The number of carboxylic acids is 1. The Morgan fingerprint density at radius 1 is 1.24 bits per heavy atom. The number of carboxylic acid groups (broad SMARTS) is 1. The highest BCUT2D eigenvalue weighted by Gasteiger charge is 2.18. The molecule has 7 heteroatoms. The van der Waals surface area contributed by atoms with Crippen LogP contribution in [0.1, 0.15) is 26.3 Å². The van der Waals surface area contributed by atoms with E-state index < -0.39 is 18.0 Å². The molecular weight excluding hydrogens is 342 g/mol. The van der Waals surface area contributed by atoms with Gasteiger partial charge in [-0.1, -0.05) is 32.9 Å². The predicted octanol–water partition coefficient (Wildman–Crippen LogP) is 1.12. The second kappa shape index (κ2) is 7.48. The molecule has 0 atom stereocenters. The summed E-state index contributed by atoms with van der Waals surface area (Å²) in [4.78, 5) is 37.2. The number of H-pyrrole nitrogens is 1. The molecule has 2 rings (SSSR count). The van der Waals surface area contributed by atoms with Gasteiger partial charge in [-0.3, -0.25) is 9.59 Å². The molecule has 1 aromatic carbocycles. The van der Waals surface area contributed by atoms with Crippen LogP contribution in [-0.4, -0.2) is 28.4 Å². The first-order valence-electron chi connectivity index (χ1n) is 7.57. The summed E-state index contributed by atoms with van der Waals surface area (Å²) >= 11 is 1.21. The summed E-state index contributed by atoms with van der Waals surface area (Å²) in [5, 5.41) is 8.57. The summed E-state index contributed by atoms with van der Waals surface area (Å²) in [6.45, 7) is 5.05. The quantitative estimate of drug-likeness (QED) is 0.832. The number of nitrogens with one attached hydrogen (secondary N) is 1. The van der Waals surface area contributed by atoms with Gasteiger partial charge in [-0.2, -0.15) is 0 Å². The molecule has 0 bridgehead atoms. The fourth-order valence-corrected chi connectivity index (χ4v) is 2.70. The van der Waals surface area contributed by atoms with Gasteiger partial charge in [0.05, 0.1) is 9.20 Å². The van der Waals surface area contributed by atoms with Crippen molar-refractivity contribution in [1.82, 2.24) is 4.98 Å². The molecule has 1 heterocycles. The molecule has 0 aliphatic heterocycles. The second-order valence-electron chi connectivity index (χ2n) is 6.44. The van der Waals surface area contributed by atoms with E-state index >= 15 is 0 Å². The first kappa shape index (κ1) is 18.7. The molecule has 0 saturated heterocycles. The van der Waals surface area contributed by atoms with Crippen LogP contribution in [0.25, 0.3) is 12.2 Å². The van der Waals surface area contributed by atoms with Crippen LogP contribution in [0.2, 0.25) is 0 Å². The van der Waals surface area contributed by atoms with Crippen molar-refractivity contribution in [3.05, 3.63) is 49.4 Å². The van der Waals surface area contributed by atoms with Gasteiger partial charge in [0.1, 0.15) is 5.75 Å². The SMILES string of the molecule is CC(C)(C)C(=O)/C=c1\[nH]c(=O)/c(=C\c2ccc(OCC(=O)O)cc2)s1. The molecule has 0 aliphatic rings. The lowest BCUT2D eigenvalue weighted by Gasteiger charge is -2.12. The van der Waals surface area contributed by atoms with E-state index in [0.717, 1.165) is 5.56 Å². The van der Waals surface area contributed by atoms with Gasteiger partial charge in [-0.25, -0.2) is 4.79 Å². The highest BCUT2D eigenvalue weighted by Crippen LogP contribution is 2.15. The van der Waals surface area contributed by atoms with Crippen molar-refractivity contribution in [2.45, 2.75) is 20.8 Å². The Kier molecular flexibility index (Phi) is 5.58. The number of aromatic nitrogens is 1. The van der Waals surface area contributed by atoms with Crippen molar-refractivity contribution in [1.29, 1.82) is 0 Å². The van der Waals surface area contributed by atoms with Crippen LogP contribution in [-0.2, 0) is 9.59 Å². The van der Waals surface area contributed by atoms with E-state index in [1.165, 1.54) is 17.4 Å². The van der Waals surface area contributed by atoms with Gasteiger partial charge in [0.2, 0.25) is 0 Å². The topological polar surface area (TPSA) is 96.5 Å². The normalized spacial score (nSPS) is 13.1. The maximum Gasteiger partial charge on any atom is 0.341 e. The fraction of sp³-hybridized carbons (Fsp3) is 0.278. The van der Waals surface area contributed by atoms with E-state index in [4.69, 9.17) is 9.84 Å². The van der Waals surface area contributed by atoms with Crippen molar-refractivity contribution < 1.29 is 19.4 Å². The van der Waals surface area contributed by atoms with Crippen LogP contribution in [0.15, 0.2) is 29.1 Å². The van der Waals surface area contributed by atoms with Gasteiger partial charge >= 0.3 is 5.97 Å². The van der Waals surface area contributed by atoms with Crippen LogP contribution in [0, 0.1) is 5.41 Å². The predicted molar refractivity (Wildman–Crippen MR) is 96.3 cm³/mol. The minimum Gasteiger partial charge on any atom is -0.482 e. The van der Waals surface area contributed by atoms with Crippen LogP contribution in [0.3, 0.4) is 0 Å². The third-order valence-electron chi connectivity index (χ3n) is 3.22. The van der Waals surface area contributed by atoms with Crippen molar-refractivity contribution >= 4 is 35.2 Å². The van der Waals surface area contributed by atoms with Crippen molar-refractivity contribution in [2.24, 2.45) is 5.41 Å². The largest absolute Gasteiger partial charge is 0.482 e. The lowest BCUT2D eigenvalue weighted by Crippen LogP contribution is -2.22. The number of Topliss-reactive ketones (excluding diaryl/α,β-unsaturated/α-hetero) is 1. The molecule has 0 fully saturated rings. The Morgan fingerprint density at radius 2 is 1.88 bits per heavy atom. The number of thiazole rings is 1. The summed E-state index contributed by atoms with van der Waals surface area (Å²) in [6.07, 6.45) is 3.15. The second-order valence-corrected chi connectivity index (χ2v) is 7.52. The van der Waals surface area contributed by atoms with Gasteiger partial charge in [-0.05, 0) is 23.8 Å². The van der Waals surface area contributed by atoms with E-state index in [9.17, 15) is 14.4 Å². The number of aromatic amines is 1. The molecule has 0 unspecified atom stereocenters. The van der Waals surface area contributed by atoms with Crippen molar-refractivity contribution in [3.63, 3.8) is 0 Å². The van der Waals surface area contributed by atoms with Gasteiger partial charge in [0, 0.05) is 11.5 Å². The Hall–Kier alpha value is -2.67. The lowest BCUT2D eigenvalue weighted by atomic mass is 9.91. The van der Waals surface area contributed by atoms with E-state index in [0.29, 0.717) is 14.9 Å². The van der Waals surface area contributed by atoms with Crippen molar-refractivity contribution in [2.75, 3.05) is 6.61 Å². The van der Waals surface area contributed by atoms with Gasteiger partial charge in [-0.15, -0.1) is 11.3 Å². The van der Waals surface area contributed by atoms with Gasteiger partial charge < -0.3 is 14.8 Å². The third-order valence-corrected chi connectivity index (χ3v) is 4.18. The Labute approximate surface area is 148 Å². The van der Waals surface area contributed by atoms with E-state index in [-0.39, 0.29) is 11.3 Å². The minimum atomic E-state index is -1.05. The van der Waals surface area contributed by atoms with Crippen LogP contribution in [0.4, 0.5) is 0 Å².